The number of rotatable bonds is 4. The normalized spacial score (nSPS) is 13.7. The lowest BCUT2D eigenvalue weighted by molar-refractivity contribution is 0.359. The molecule has 2 aromatic rings. The highest BCUT2D eigenvalue weighted by Crippen LogP contribution is 2.41. The Morgan fingerprint density at radius 1 is 1.19 bits per heavy atom. The topological polar surface area (TPSA) is 37.8 Å². The number of thiocarbonyl (C=S) groups is 1. The average Bonchev–Trinajstić information content (AvgIpc) is 2.63. The molecule has 26 heavy (non-hydrogen) atoms. The second-order valence-electron chi connectivity index (χ2n) is 5.51. The van der Waals surface area contributed by atoms with E-state index in [2.05, 4.69) is 4.98 Å². The summed E-state index contributed by atoms with van der Waals surface area (Å²) >= 11 is 11.5. The van der Waals surface area contributed by atoms with E-state index in [1.54, 1.807) is 17.2 Å². The van der Waals surface area contributed by atoms with Gasteiger partial charge in [-0.2, -0.15) is 0 Å². The Morgan fingerprint density at radius 3 is 2.35 bits per heavy atom. The Bertz CT molecular complexity index is 853. The van der Waals surface area contributed by atoms with Gasteiger partial charge in [-0.3, -0.25) is 0 Å². The quantitative estimate of drug-likeness (QED) is 0.567. The third-order valence-corrected chi connectivity index (χ3v) is 4.79. The highest BCUT2D eigenvalue weighted by Gasteiger charge is 2.33. The van der Waals surface area contributed by atoms with Crippen molar-refractivity contribution in [3.8, 4) is 11.5 Å². The molecular formula is C17H16ClF2N3O2S. The molecule has 0 saturated carbocycles. The first-order chi connectivity index (χ1) is 12.4. The summed E-state index contributed by atoms with van der Waals surface area (Å²) in [4.78, 5) is 7.17. The number of ether oxygens (including phenoxy) is 2. The number of pyridine rings is 1. The van der Waals surface area contributed by atoms with Crippen molar-refractivity contribution < 1.29 is 18.3 Å². The van der Waals surface area contributed by atoms with Gasteiger partial charge >= 0.3 is 0 Å². The molecule has 1 aliphatic rings. The minimum atomic E-state index is -0.852. The molecule has 0 bridgehead atoms. The Morgan fingerprint density at radius 2 is 1.81 bits per heavy atom. The van der Waals surface area contributed by atoms with E-state index in [-0.39, 0.29) is 28.8 Å². The molecule has 0 N–H and O–H groups in total. The predicted octanol–water partition coefficient (Wildman–Crippen LogP) is 4.16. The van der Waals surface area contributed by atoms with E-state index in [1.165, 1.54) is 19.1 Å². The maximum absolute atomic E-state index is 14.9. The number of nitrogens with zero attached hydrogens (tertiary/aromatic N) is 3. The van der Waals surface area contributed by atoms with Gasteiger partial charge in [0, 0.05) is 24.4 Å². The van der Waals surface area contributed by atoms with Gasteiger partial charge in [0.2, 0.25) is 0 Å². The van der Waals surface area contributed by atoms with Crippen LogP contribution in [0.4, 0.5) is 20.2 Å². The van der Waals surface area contributed by atoms with Crippen LogP contribution >= 0.6 is 23.8 Å². The van der Waals surface area contributed by atoms with Crippen molar-refractivity contribution in [1.29, 1.82) is 0 Å². The van der Waals surface area contributed by atoms with Crippen LogP contribution in [0.3, 0.4) is 0 Å². The summed E-state index contributed by atoms with van der Waals surface area (Å²) in [6, 6.07) is 2.84. The fraction of sp³-hybridized carbons (Fsp3) is 0.294. The van der Waals surface area contributed by atoms with E-state index < -0.39 is 11.6 Å². The van der Waals surface area contributed by atoms with Crippen molar-refractivity contribution in [2.45, 2.75) is 13.5 Å². The molecule has 2 heterocycles. The van der Waals surface area contributed by atoms with Crippen LogP contribution < -0.4 is 19.3 Å². The lowest BCUT2D eigenvalue weighted by atomic mass is 10.1. The van der Waals surface area contributed by atoms with Crippen molar-refractivity contribution in [3.05, 3.63) is 40.7 Å². The number of halogens is 3. The van der Waals surface area contributed by atoms with Gasteiger partial charge in [-0.25, -0.2) is 13.8 Å². The number of anilines is 2. The first kappa shape index (κ1) is 18.6. The first-order valence-electron chi connectivity index (χ1n) is 7.76. The molecule has 0 aliphatic carbocycles. The van der Waals surface area contributed by atoms with Crippen LogP contribution in [0.15, 0.2) is 18.3 Å². The zero-order valence-corrected chi connectivity index (χ0v) is 15.9. The first-order valence-corrected chi connectivity index (χ1v) is 8.54. The Balaban J connectivity index is 2.19. The van der Waals surface area contributed by atoms with Crippen LogP contribution in [0.25, 0.3) is 0 Å². The number of hydrogen-bond donors (Lipinski definition) is 0. The summed E-state index contributed by atoms with van der Waals surface area (Å²) in [5.74, 6) is -1.97. The number of aromatic nitrogens is 1. The van der Waals surface area contributed by atoms with Crippen molar-refractivity contribution in [1.82, 2.24) is 4.98 Å². The van der Waals surface area contributed by atoms with E-state index in [9.17, 15) is 8.78 Å². The Hall–Kier alpha value is -2.19. The summed E-state index contributed by atoms with van der Waals surface area (Å²) in [6.07, 6.45) is 1.57. The van der Waals surface area contributed by atoms with Gasteiger partial charge in [0.25, 0.3) is 0 Å². The van der Waals surface area contributed by atoms with Crippen LogP contribution in [-0.2, 0) is 6.54 Å². The molecule has 5 nitrogen and oxygen atoms in total. The standard InChI is InChI=1S/C17H16ClF2N3O2S/c1-4-22-10-5-13(18)21-7-9(10)8-23(17(22)26)16-14(19)11(24-2)6-12(25-3)15(16)20/h5-7H,4,8H2,1-3H3. The van der Waals surface area contributed by atoms with E-state index >= 15 is 0 Å². The largest absolute Gasteiger partial charge is 0.493 e. The third-order valence-electron chi connectivity index (χ3n) is 4.15. The van der Waals surface area contributed by atoms with E-state index in [4.69, 9.17) is 33.3 Å². The summed E-state index contributed by atoms with van der Waals surface area (Å²) in [5.41, 5.74) is 1.18. The Kier molecular flexibility index (Phi) is 5.15. The van der Waals surface area contributed by atoms with Gasteiger partial charge < -0.3 is 19.3 Å². The van der Waals surface area contributed by atoms with Gasteiger partial charge in [-0.05, 0) is 25.2 Å². The molecule has 0 spiro atoms. The van der Waals surface area contributed by atoms with E-state index in [1.807, 2.05) is 6.92 Å². The number of methoxy groups -OCH3 is 2. The summed E-state index contributed by atoms with van der Waals surface area (Å²) in [7, 11) is 2.60. The number of hydrogen-bond acceptors (Lipinski definition) is 4. The van der Waals surface area contributed by atoms with Crippen molar-refractivity contribution in [2.75, 3.05) is 30.6 Å². The van der Waals surface area contributed by atoms with Crippen molar-refractivity contribution in [3.63, 3.8) is 0 Å². The van der Waals surface area contributed by atoms with Crippen LogP contribution in [0.5, 0.6) is 11.5 Å². The molecule has 0 atom stereocenters. The fourth-order valence-electron chi connectivity index (χ4n) is 2.90. The molecule has 0 radical (unpaired) electrons. The van der Waals surface area contributed by atoms with E-state index in [0.717, 1.165) is 17.3 Å². The molecular weight excluding hydrogens is 384 g/mol. The zero-order chi connectivity index (χ0) is 19.0. The molecule has 1 aromatic heterocycles. The molecule has 1 aliphatic heterocycles. The third kappa shape index (κ3) is 2.93. The maximum atomic E-state index is 14.9. The van der Waals surface area contributed by atoms with Crippen LogP contribution in [-0.4, -0.2) is 30.9 Å². The van der Waals surface area contributed by atoms with Gasteiger partial charge in [-0.1, -0.05) is 11.6 Å². The van der Waals surface area contributed by atoms with E-state index in [0.29, 0.717) is 11.7 Å². The predicted molar refractivity (Wildman–Crippen MR) is 101 cm³/mol. The summed E-state index contributed by atoms with van der Waals surface area (Å²) in [5, 5.41) is 0.564. The zero-order valence-electron chi connectivity index (χ0n) is 14.3. The lowest BCUT2D eigenvalue weighted by Gasteiger charge is -2.39. The minimum Gasteiger partial charge on any atom is -0.493 e. The van der Waals surface area contributed by atoms with Crippen molar-refractivity contribution >= 4 is 40.3 Å². The SMILES string of the molecule is CCN1C(=S)N(c2c(F)c(OC)cc(OC)c2F)Cc2cnc(Cl)cc21. The smallest absolute Gasteiger partial charge is 0.192 e. The van der Waals surface area contributed by atoms with Crippen LogP contribution in [0, 0.1) is 11.6 Å². The second kappa shape index (κ2) is 7.20. The molecule has 138 valence electrons. The highest BCUT2D eigenvalue weighted by atomic mass is 35.5. The fourth-order valence-corrected chi connectivity index (χ4v) is 3.43. The molecule has 0 fully saturated rings. The van der Waals surface area contributed by atoms with Gasteiger partial charge in [0.1, 0.15) is 10.8 Å². The lowest BCUT2D eigenvalue weighted by Crippen LogP contribution is -2.47. The van der Waals surface area contributed by atoms with Gasteiger partial charge in [-0.15, -0.1) is 0 Å². The number of benzene rings is 1. The molecule has 0 amide bonds. The summed E-state index contributed by atoms with van der Waals surface area (Å²) in [6.45, 7) is 2.51. The van der Waals surface area contributed by atoms with Gasteiger partial charge in [0.05, 0.1) is 26.5 Å². The molecule has 1 aromatic carbocycles. The second-order valence-corrected chi connectivity index (χ2v) is 6.26. The highest BCUT2D eigenvalue weighted by molar-refractivity contribution is 7.80. The molecule has 0 unspecified atom stereocenters. The molecule has 9 heteroatoms. The van der Waals surface area contributed by atoms with Crippen LogP contribution in [0.2, 0.25) is 5.15 Å². The molecule has 0 saturated heterocycles. The van der Waals surface area contributed by atoms with Crippen molar-refractivity contribution in [2.24, 2.45) is 0 Å². The Labute approximate surface area is 160 Å². The molecule has 3 rings (SSSR count). The monoisotopic (exact) mass is 399 g/mol. The van der Waals surface area contributed by atoms with Crippen LogP contribution in [0.1, 0.15) is 12.5 Å². The maximum Gasteiger partial charge on any atom is 0.192 e. The van der Waals surface area contributed by atoms with Gasteiger partial charge in [0.15, 0.2) is 28.2 Å². The summed E-state index contributed by atoms with van der Waals surface area (Å²) < 4.78 is 39.8. The minimum absolute atomic E-state index is 0.135. The average molecular weight is 400 g/mol. The number of fused-ring (bicyclic) bond motifs is 1.